The third-order valence-electron chi connectivity index (χ3n) is 0.616. The fraction of sp³-hybridized carbons (Fsp3) is 1.00. The van der Waals surface area contributed by atoms with Crippen LogP contribution in [0.25, 0.3) is 0 Å². The molecule has 6 N–H and O–H groups in total. The summed E-state index contributed by atoms with van der Waals surface area (Å²) in [7, 11) is -9.03. The van der Waals surface area contributed by atoms with E-state index in [4.69, 9.17) is 45.7 Å². The molecule has 0 aromatic heterocycles. The lowest BCUT2D eigenvalue weighted by molar-refractivity contribution is 0.163. The summed E-state index contributed by atoms with van der Waals surface area (Å²) < 4.78 is 22.8. The average Bonchev–Trinajstić information content (AvgIpc) is 1.77. The minimum absolute atomic E-state index is 0.00728. The average molecular weight is 289 g/mol. The molecule has 0 saturated carbocycles. The Labute approximate surface area is 89.8 Å². The molecule has 1 unspecified atom stereocenters. The molecule has 0 saturated heterocycles. The van der Waals surface area contributed by atoms with Crippen LogP contribution in [0.5, 0.6) is 0 Å². The van der Waals surface area contributed by atoms with Crippen LogP contribution in [-0.4, -0.2) is 41.7 Å². The molecule has 0 rings (SSSR count). The molecule has 0 aromatic carbocycles. The van der Waals surface area contributed by atoms with E-state index in [1.54, 1.807) is 0 Å². The van der Waals surface area contributed by atoms with Gasteiger partial charge in [-0.15, -0.1) is 0 Å². The zero-order valence-corrected chi connectivity index (χ0v) is 9.72. The van der Waals surface area contributed by atoms with Gasteiger partial charge in [-0.1, -0.05) is 11.6 Å². The largest absolute Gasteiger partial charge is 0.469 e. The highest BCUT2D eigenvalue weighted by Crippen LogP contribution is 2.35. The van der Waals surface area contributed by atoms with Gasteiger partial charge in [-0.2, -0.15) is 0 Å². The molecule has 0 fully saturated rings. The molecule has 9 nitrogen and oxygen atoms in total. The highest BCUT2D eigenvalue weighted by atomic mass is 35.5. The molecule has 12 heteroatoms. The molecule has 0 aliphatic heterocycles. The van der Waals surface area contributed by atoms with Gasteiger partial charge in [0, 0.05) is 6.42 Å². The third-order valence-corrected chi connectivity index (χ3v) is 1.35. The first-order chi connectivity index (χ1) is 6.42. The van der Waals surface area contributed by atoms with Crippen molar-refractivity contribution in [1.82, 2.24) is 0 Å². The summed E-state index contributed by atoms with van der Waals surface area (Å²) in [6.45, 7) is -0.255. The van der Waals surface area contributed by atoms with E-state index in [1.807, 2.05) is 0 Å². The lowest BCUT2D eigenvalue weighted by Gasteiger charge is -2.04. The minimum atomic E-state index is -4.64. The van der Waals surface area contributed by atoms with Crippen LogP contribution in [0.2, 0.25) is 0 Å². The summed E-state index contributed by atoms with van der Waals surface area (Å²) in [5.41, 5.74) is -1.12. The maximum absolute atomic E-state index is 9.96. The van der Waals surface area contributed by atoms with E-state index in [-0.39, 0.29) is 13.0 Å². The van der Waals surface area contributed by atoms with E-state index in [0.29, 0.717) is 0 Å². The van der Waals surface area contributed by atoms with Crippen LogP contribution in [0.1, 0.15) is 6.42 Å². The molecule has 0 bridgehead atoms. The molecule has 0 spiro atoms. The summed E-state index contributed by atoms with van der Waals surface area (Å²) >= 11 is 5.03. The normalized spacial score (nSPS) is 14.1. The van der Waals surface area contributed by atoms with Crippen LogP contribution < -0.4 is 0 Å². The van der Waals surface area contributed by atoms with E-state index in [9.17, 15) is 4.57 Å². The number of halogens is 1. The highest BCUT2D eigenvalue weighted by molar-refractivity contribution is 7.46. The van der Waals surface area contributed by atoms with E-state index >= 15 is 0 Å². The number of aliphatic hydroxyl groups is 1. The Morgan fingerprint density at radius 3 is 1.67 bits per heavy atom. The monoisotopic (exact) mass is 288 g/mol. The van der Waals surface area contributed by atoms with Crippen molar-refractivity contribution in [3.8, 4) is 0 Å². The number of hydrogen-bond acceptors (Lipinski definition) is 4. The number of phosphoric ester groups is 1. The van der Waals surface area contributed by atoms with Crippen molar-refractivity contribution in [3.05, 3.63) is 0 Å². The molecule has 0 aliphatic rings. The predicted octanol–water partition coefficient (Wildman–Crippen LogP) is -0.886. The summed E-state index contributed by atoms with van der Waals surface area (Å²) in [4.78, 5) is 37.8. The first-order valence-electron chi connectivity index (χ1n) is 3.22. The summed E-state index contributed by atoms with van der Waals surface area (Å²) in [6, 6.07) is 0. The van der Waals surface area contributed by atoms with Gasteiger partial charge in [0.1, 0.15) is 5.56 Å². The van der Waals surface area contributed by atoms with Gasteiger partial charge in [-0.3, -0.25) is 4.52 Å². The van der Waals surface area contributed by atoms with Crippen molar-refractivity contribution in [2.45, 2.75) is 12.0 Å². The number of alkyl halides is 1. The van der Waals surface area contributed by atoms with E-state index < -0.39 is 21.2 Å². The number of aliphatic hydroxyl groups excluding tert-OH is 1. The van der Waals surface area contributed by atoms with Gasteiger partial charge in [0.15, 0.2) is 0 Å². The fourth-order valence-corrected chi connectivity index (χ4v) is 0.701. The molecule has 0 aliphatic carbocycles. The topological polar surface area (TPSA) is 165 Å². The van der Waals surface area contributed by atoms with Crippen LogP contribution in [0.4, 0.5) is 0 Å². The number of rotatable bonds is 4. The lowest BCUT2D eigenvalue weighted by atomic mass is 10.5. The van der Waals surface area contributed by atoms with Crippen LogP contribution >= 0.6 is 27.2 Å². The standard InChI is InChI=1S/C3H8ClO5P.H3O4P/c4-3(5)1-2-9-10(6,7)8;1-5(2,3)4/h3,5H,1-2H2,(H2,6,7,8);(H3,1,2,3,4). The van der Waals surface area contributed by atoms with Crippen molar-refractivity contribution in [1.29, 1.82) is 0 Å². The molecule has 0 radical (unpaired) electrons. The Morgan fingerprint density at radius 1 is 1.13 bits per heavy atom. The molecule has 0 aromatic rings. The Hall–Kier alpha value is 0.470. The Morgan fingerprint density at radius 2 is 1.47 bits per heavy atom. The van der Waals surface area contributed by atoms with Crippen molar-refractivity contribution < 1.29 is 43.2 Å². The van der Waals surface area contributed by atoms with E-state index in [1.165, 1.54) is 0 Å². The fourth-order valence-electron chi connectivity index (χ4n) is 0.269. The SMILES string of the molecule is O=P(O)(O)O.O=P(O)(O)OCCC(O)Cl. The van der Waals surface area contributed by atoms with Gasteiger partial charge in [-0.25, -0.2) is 9.13 Å². The van der Waals surface area contributed by atoms with Gasteiger partial charge in [0.05, 0.1) is 6.61 Å². The maximum atomic E-state index is 9.96. The summed E-state index contributed by atoms with van der Waals surface area (Å²) in [5.74, 6) is 0. The second kappa shape index (κ2) is 7.70. The van der Waals surface area contributed by atoms with Gasteiger partial charge in [0.2, 0.25) is 0 Å². The number of hydrogen-bond donors (Lipinski definition) is 6. The van der Waals surface area contributed by atoms with Crippen molar-refractivity contribution in [3.63, 3.8) is 0 Å². The van der Waals surface area contributed by atoms with Gasteiger partial charge < -0.3 is 29.6 Å². The van der Waals surface area contributed by atoms with Crippen molar-refractivity contribution >= 4 is 27.2 Å². The zero-order chi connectivity index (χ0) is 12.7. The first-order valence-corrected chi connectivity index (χ1v) is 6.75. The van der Waals surface area contributed by atoms with E-state index in [2.05, 4.69) is 4.52 Å². The lowest BCUT2D eigenvalue weighted by Crippen LogP contribution is -2.01. The molecule has 0 heterocycles. The molecular formula is C3H11ClO9P2. The predicted molar refractivity (Wildman–Crippen MR) is 48.7 cm³/mol. The second-order valence-electron chi connectivity index (χ2n) is 2.06. The molecule has 15 heavy (non-hydrogen) atoms. The first kappa shape index (κ1) is 17.9. The van der Waals surface area contributed by atoms with Crippen LogP contribution in [0.3, 0.4) is 0 Å². The van der Waals surface area contributed by atoms with Gasteiger partial charge >= 0.3 is 15.6 Å². The third kappa shape index (κ3) is 40.3. The van der Waals surface area contributed by atoms with Gasteiger partial charge in [-0.05, 0) is 0 Å². The second-order valence-corrected chi connectivity index (χ2v) is 4.83. The van der Waals surface area contributed by atoms with Crippen LogP contribution in [-0.2, 0) is 13.7 Å². The van der Waals surface area contributed by atoms with E-state index in [0.717, 1.165) is 0 Å². The molecule has 0 amide bonds. The highest BCUT2D eigenvalue weighted by Gasteiger charge is 2.13. The smallest absolute Gasteiger partial charge is 0.378 e. The van der Waals surface area contributed by atoms with Crippen LogP contribution in [0.15, 0.2) is 0 Å². The van der Waals surface area contributed by atoms with Crippen molar-refractivity contribution in [2.24, 2.45) is 0 Å². The minimum Gasteiger partial charge on any atom is -0.378 e. The molecule has 94 valence electrons. The zero-order valence-electron chi connectivity index (χ0n) is 7.17. The Bertz CT molecular complexity index is 233. The molecular weight excluding hydrogens is 277 g/mol. The maximum Gasteiger partial charge on any atom is 0.469 e. The quantitative estimate of drug-likeness (QED) is 0.284. The molecule has 1 atom stereocenters. The Kier molecular flexibility index (Phi) is 9.16. The summed E-state index contributed by atoms with van der Waals surface area (Å²) in [5, 5.41) is 8.38. The number of phosphoric acid groups is 2. The Balaban J connectivity index is 0. The van der Waals surface area contributed by atoms with Gasteiger partial charge in [0.25, 0.3) is 0 Å². The van der Waals surface area contributed by atoms with Crippen molar-refractivity contribution in [2.75, 3.05) is 6.61 Å². The van der Waals surface area contributed by atoms with Crippen LogP contribution in [0, 0.1) is 0 Å². The summed E-state index contributed by atoms with van der Waals surface area (Å²) in [6.07, 6.45) is -0.00728.